The summed E-state index contributed by atoms with van der Waals surface area (Å²) < 4.78 is 5.24. The minimum Gasteiger partial charge on any atom is -0.307 e. The Kier molecular flexibility index (Phi) is 4.07. The second kappa shape index (κ2) is 7.37. The Bertz CT molecular complexity index is 2310. The monoisotopic (exact) mass is 515 g/mol. The van der Waals surface area contributed by atoms with Gasteiger partial charge in [-0.25, -0.2) is 0 Å². The Labute approximate surface area is 230 Å². The van der Waals surface area contributed by atoms with Crippen molar-refractivity contribution < 1.29 is 0 Å². The lowest BCUT2D eigenvalue weighted by Crippen LogP contribution is -2.15. The summed E-state index contributed by atoms with van der Waals surface area (Å²) in [5, 5.41) is 8.03. The van der Waals surface area contributed by atoms with Crippen LogP contribution in [0.2, 0.25) is 0 Å². The van der Waals surface area contributed by atoms with Crippen molar-refractivity contribution in [3.05, 3.63) is 126 Å². The van der Waals surface area contributed by atoms with E-state index in [9.17, 15) is 0 Å². The first-order valence-electron chi connectivity index (χ1n) is 13.6. The van der Waals surface area contributed by atoms with Crippen LogP contribution in [0.3, 0.4) is 0 Å². The molecule has 2 heteroatoms. The van der Waals surface area contributed by atoms with Gasteiger partial charge in [-0.15, -0.1) is 11.3 Å². The molecule has 0 fully saturated rings. The SMILES string of the molecule is CC1(C)c2ccccc2-c2c1c1c3ccccc3n(-c3cccc4c3sc3ccccc34)c1c1ccccc21. The number of hydrogen-bond donors (Lipinski definition) is 0. The summed E-state index contributed by atoms with van der Waals surface area (Å²) in [5.74, 6) is 0. The van der Waals surface area contributed by atoms with Gasteiger partial charge in [-0.2, -0.15) is 0 Å². The molecule has 1 aliphatic rings. The first-order valence-corrected chi connectivity index (χ1v) is 14.4. The van der Waals surface area contributed by atoms with Gasteiger partial charge in [-0.1, -0.05) is 111 Å². The summed E-state index contributed by atoms with van der Waals surface area (Å²) in [4.78, 5) is 0. The molecular weight excluding hydrogens is 490 g/mol. The summed E-state index contributed by atoms with van der Waals surface area (Å²) in [6.07, 6.45) is 0. The van der Waals surface area contributed by atoms with Crippen LogP contribution in [-0.2, 0) is 5.41 Å². The quantitative estimate of drug-likeness (QED) is 0.205. The average Bonchev–Trinajstić information content (AvgIpc) is 3.60. The molecule has 0 unspecified atom stereocenters. The Morgan fingerprint density at radius 3 is 2.13 bits per heavy atom. The standard InChI is InChI=1S/C37H25NS/c1-37(2)28-18-8-5-15-26(28)32-23-13-3-4-14-24(23)35-33(34(32)37)27-16-6-9-19-29(27)38(35)30-20-11-17-25-22-12-7-10-21-31(22)39-36(25)30/h3-21H,1-2H3. The number of hydrogen-bond acceptors (Lipinski definition) is 1. The first kappa shape index (κ1) is 21.5. The van der Waals surface area contributed by atoms with Crippen LogP contribution in [0.5, 0.6) is 0 Å². The molecule has 0 amide bonds. The van der Waals surface area contributed by atoms with Crippen molar-refractivity contribution in [2.24, 2.45) is 0 Å². The maximum Gasteiger partial charge on any atom is 0.0641 e. The number of thiophene rings is 1. The maximum absolute atomic E-state index is 2.56. The van der Waals surface area contributed by atoms with Crippen LogP contribution in [0, 0.1) is 0 Å². The molecule has 8 aromatic rings. The summed E-state index contributed by atoms with van der Waals surface area (Å²) in [5.41, 5.74) is 9.39. The third-order valence-electron chi connectivity index (χ3n) is 8.95. The molecular formula is C37H25NS. The normalized spacial score (nSPS) is 14.1. The summed E-state index contributed by atoms with van der Waals surface area (Å²) in [6.45, 7) is 4.81. The number of rotatable bonds is 1. The smallest absolute Gasteiger partial charge is 0.0641 e. The summed E-state index contributed by atoms with van der Waals surface area (Å²) in [6, 6.07) is 42.7. The lowest BCUT2D eigenvalue weighted by molar-refractivity contribution is 0.667. The van der Waals surface area contributed by atoms with E-state index >= 15 is 0 Å². The Hall–Kier alpha value is -4.40. The molecule has 9 rings (SSSR count). The molecule has 0 saturated carbocycles. The second-order valence-electron chi connectivity index (χ2n) is 11.3. The molecule has 0 spiro atoms. The molecule has 1 nitrogen and oxygen atoms in total. The van der Waals surface area contributed by atoms with Crippen molar-refractivity contribution in [3.8, 4) is 16.8 Å². The van der Waals surface area contributed by atoms with Crippen LogP contribution >= 0.6 is 11.3 Å². The van der Waals surface area contributed by atoms with Crippen LogP contribution in [0.25, 0.3) is 69.6 Å². The Balaban J connectivity index is 1.56. The molecule has 0 N–H and O–H groups in total. The number of para-hydroxylation sites is 1. The van der Waals surface area contributed by atoms with Gasteiger partial charge < -0.3 is 4.57 Å². The average molecular weight is 516 g/mol. The fraction of sp³-hybridized carbons (Fsp3) is 0.0811. The van der Waals surface area contributed by atoms with E-state index in [1.165, 1.54) is 80.7 Å². The van der Waals surface area contributed by atoms with Gasteiger partial charge in [0.1, 0.15) is 0 Å². The van der Waals surface area contributed by atoms with Crippen molar-refractivity contribution in [3.63, 3.8) is 0 Å². The molecule has 6 aromatic carbocycles. The van der Waals surface area contributed by atoms with Crippen molar-refractivity contribution in [2.75, 3.05) is 0 Å². The van der Waals surface area contributed by atoms with E-state index in [-0.39, 0.29) is 5.41 Å². The summed E-state index contributed by atoms with van der Waals surface area (Å²) >= 11 is 1.90. The van der Waals surface area contributed by atoms with Gasteiger partial charge in [0.05, 0.1) is 21.4 Å². The van der Waals surface area contributed by atoms with E-state index in [0.717, 1.165) is 0 Å². The van der Waals surface area contributed by atoms with Crippen LogP contribution in [0.1, 0.15) is 25.0 Å². The van der Waals surface area contributed by atoms with E-state index in [0.29, 0.717) is 0 Å². The maximum atomic E-state index is 2.56. The summed E-state index contributed by atoms with van der Waals surface area (Å²) in [7, 11) is 0. The highest BCUT2D eigenvalue weighted by Gasteiger charge is 2.39. The number of benzene rings is 6. The number of nitrogens with zero attached hydrogens (tertiary/aromatic N) is 1. The Morgan fingerprint density at radius 2 is 1.26 bits per heavy atom. The van der Waals surface area contributed by atoms with Crippen molar-refractivity contribution in [1.82, 2.24) is 4.57 Å². The van der Waals surface area contributed by atoms with Gasteiger partial charge in [0.15, 0.2) is 0 Å². The van der Waals surface area contributed by atoms with Crippen LogP contribution < -0.4 is 0 Å². The van der Waals surface area contributed by atoms with E-state index in [4.69, 9.17) is 0 Å². The molecule has 0 aliphatic heterocycles. The molecule has 0 saturated heterocycles. The van der Waals surface area contributed by atoms with E-state index < -0.39 is 0 Å². The van der Waals surface area contributed by atoms with E-state index in [2.05, 4.69) is 134 Å². The zero-order valence-electron chi connectivity index (χ0n) is 21.8. The second-order valence-corrected chi connectivity index (χ2v) is 12.3. The Morgan fingerprint density at radius 1 is 0.590 bits per heavy atom. The van der Waals surface area contributed by atoms with Crippen LogP contribution in [-0.4, -0.2) is 4.57 Å². The number of aromatic nitrogens is 1. The first-order chi connectivity index (χ1) is 19.1. The topological polar surface area (TPSA) is 4.93 Å². The molecule has 1 aliphatic carbocycles. The van der Waals surface area contributed by atoms with Crippen molar-refractivity contribution >= 4 is 64.1 Å². The highest BCUT2D eigenvalue weighted by molar-refractivity contribution is 7.26. The molecule has 0 bridgehead atoms. The molecule has 2 aromatic heterocycles. The molecule has 0 atom stereocenters. The van der Waals surface area contributed by atoms with E-state index in [1.807, 2.05) is 11.3 Å². The van der Waals surface area contributed by atoms with Crippen molar-refractivity contribution in [1.29, 1.82) is 0 Å². The minimum atomic E-state index is -0.104. The fourth-order valence-corrected chi connectivity index (χ4v) is 8.57. The highest BCUT2D eigenvalue weighted by atomic mass is 32.1. The predicted molar refractivity (Wildman–Crippen MR) is 169 cm³/mol. The third kappa shape index (κ3) is 2.60. The van der Waals surface area contributed by atoms with E-state index in [1.54, 1.807) is 0 Å². The fourth-order valence-electron chi connectivity index (χ4n) is 7.36. The van der Waals surface area contributed by atoms with Crippen LogP contribution in [0.4, 0.5) is 0 Å². The third-order valence-corrected chi connectivity index (χ3v) is 10.2. The van der Waals surface area contributed by atoms with Crippen LogP contribution in [0.15, 0.2) is 115 Å². The van der Waals surface area contributed by atoms with Gasteiger partial charge in [0, 0.05) is 37.0 Å². The predicted octanol–water partition coefficient (Wildman–Crippen LogP) is 10.6. The molecule has 39 heavy (non-hydrogen) atoms. The van der Waals surface area contributed by atoms with Gasteiger partial charge in [-0.3, -0.25) is 0 Å². The molecule has 0 radical (unpaired) electrons. The zero-order valence-corrected chi connectivity index (χ0v) is 22.6. The number of fused-ring (bicyclic) bond motifs is 13. The van der Waals surface area contributed by atoms with Crippen molar-refractivity contribution in [2.45, 2.75) is 19.3 Å². The largest absolute Gasteiger partial charge is 0.307 e. The lowest BCUT2D eigenvalue weighted by atomic mass is 9.79. The zero-order chi connectivity index (χ0) is 25.9. The van der Waals surface area contributed by atoms with Gasteiger partial charge >= 0.3 is 0 Å². The minimum absolute atomic E-state index is 0.104. The molecule has 2 heterocycles. The van der Waals surface area contributed by atoms with Gasteiger partial charge in [-0.05, 0) is 45.8 Å². The van der Waals surface area contributed by atoms with Gasteiger partial charge in [0.2, 0.25) is 0 Å². The lowest BCUT2D eigenvalue weighted by Gasteiger charge is -2.23. The highest BCUT2D eigenvalue weighted by Crippen LogP contribution is 2.56. The molecule has 184 valence electrons. The van der Waals surface area contributed by atoms with Gasteiger partial charge in [0.25, 0.3) is 0 Å².